The van der Waals surface area contributed by atoms with E-state index in [1.807, 2.05) is 40.3 Å². The Morgan fingerprint density at radius 1 is 0.630 bits per heavy atom. The molecular formula is C23H24Cl2N2. The molecule has 3 aromatic rings. The summed E-state index contributed by atoms with van der Waals surface area (Å²) in [6, 6.07) is 23.0. The first-order valence-corrected chi connectivity index (χ1v) is 9.62. The van der Waals surface area contributed by atoms with E-state index in [1.165, 1.54) is 11.1 Å². The van der Waals surface area contributed by atoms with Gasteiger partial charge in [0.05, 0.1) is 10.0 Å². The lowest BCUT2D eigenvalue weighted by atomic mass is 9.85. The molecule has 27 heavy (non-hydrogen) atoms. The third kappa shape index (κ3) is 4.23. The molecule has 3 aromatic carbocycles. The predicted molar refractivity (Wildman–Crippen MR) is 119 cm³/mol. The Kier molecular flexibility index (Phi) is 5.98. The van der Waals surface area contributed by atoms with Crippen molar-refractivity contribution in [2.75, 3.05) is 38.0 Å². The smallest absolute Gasteiger partial charge is 0.0633 e. The molecule has 3 rings (SSSR count). The molecule has 0 atom stereocenters. The average molecular weight is 399 g/mol. The summed E-state index contributed by atoms with van der Waals surface area (Å²) >= 11 is 12.9. The van der Waals surface area contributed by atoms with E-state index in [0.29, 0.717) is 10.0 Å². The van der Waals surface area contributed by atoms with Crippen LogP contribution in [0.5, 0.6) is 0 Å². The third-order valence-electron chi connectivity index (χ3n) is 4.78. The highest BCUT2D eigenvalue weighted by Gasteiger charge is 2.21. The first-order valence-electron chi connectivity index (χ1n) is 8.87. The highest BCUT2D eigenvalue weighted by Crippen LogP contribution is 2.39. The number of halogens is 2. The molecule has 0 saturated carbocycles. The van der Waals surface area contributed by atoms with Gasteiger partial charge in [0.25, 0.3) is 0 Å². The fourth-order valence-corrected chi connectivity index (χ4v) is 3.64. The summed E-state index contributed by atoms with van der Waals surface area (Å²) in [5, 5.41) is 1.19. The lowest BCUT2D eigenvalue weighted by molar-refractivity contribution is 0.973. The molecule has 0 heterocycles. The van der Waals surface area contributed by atoms with Gasteiger partial charge in [0.15, 0.2) is 0 Å². The minimum atomic E-state index is 0.0172. The Balaban J connectivity index is 2.12. The van der Waals surface area contributed by atoms with E-state index in [2.05, 4.69) is 64.4 Å². The van der Waals surface area contributed by atoms with Crippen molar-refractivity contribution in [2.45, 2.75) is 5.92 Å². The summed E-state index contributed by atoms with van der Waals surface area (Å²) in [4.78, 5) is 4.19. The largest absolute Gasteiger partial charge is 0.378 e. The van der Waals surface area contributed by atoms with E-state index in [4.69, 9.17) is 23.2 Å². The Bertz CT molecular complexity index is 849. The monoisotopic (exact) mass is 398 g/mol. The number of nitrogens with zero attached hydrogens (tertiary/aromatic N) is 2. The maximum Gasteiger partial charge on any atom is 0.0633 e. The molecule has 0 unspecified atom stereocenters. The average Bonchev–Trinajstić information content (AvgIpc) is 2.66. The number of hydrogen-bond donors (Lipinski definition) is 0. The van der Waals surface area contributed by atoms with E-state index >= 15 is 0 Å². The van der Waals surface area contributed by atoms with Crippen LogP contribution < -0.4 is 9.80 Å². The summed E-state index contributed by atoms with van der Waals surface area (Å²) < 4.78 is 0. The van der Waals surface area contributed by atoms with Crippen molar-refractivity contribution in [3.8, 4) is 0 Å². The maximum atomic E-state index is 6.60. The molecule has 0 bridgehead atoms. The fourth-order valence-electron chi connectivity index (χ4n) is 3.22. The first-order chi connectivity index (χ1) is 12.9. The molecule has 4 heteroatoms. The molecule has 0 N–H and O–H groups in total. The summed E-state index contributed by atoms with van der Waals surface area (Å²) in [6.45, 7) is 0. The van der Waals surface area contributed by atoms with Gasteiger partial charge in [-0.25, -0.2) is 0 Å². The SMILES string of the molecule is CN(C)c1ccc(C(c2ccc(N(C)C)cc2)c2cccc(Cl)c2Cl)cc1. The first kappa shape index (κ1) is 19.6. The number of benzene rings is 3. The molecule has 0 aliphatic carbocycles. The standard InChI is InChI=1S/C23H24Cl2N2/c1-26(2)18-12-8-16(9-13-18)22(20-6-5-7-21(24)23(20)25)17-10-14-19(15-11-17)27(3)4/h5-15,22H,1-4H3. The minimum absolute atomic E-state index is 0.0172. The van der Waals surface area contributed by atoms with Crippen molar-refractivity contribution in [2.24, 2.45) is 0 Å². The van der Waals surface area contributed by atoms with Crippen LogP contribution in [0.1, 0.15) is 22.6 Å². The molecule has 0 amide bonds. The van der Waals surface area contributed by atoms with Crippen LogP contribution in [0.25, 0.3) is 0 Å². The lowest BCUT2D eigenvalue weighted by Crippen LogP contribution is -2.10. The van der Waals surface area contributed by atoms with Crippen LogP contribution in [0.15, 0.2) is 66.7 Å². The Morgan fingerprint density at radius 3 is 1.48 bits per heavy atom. The summed E-state index contributed by atoms with van der Waals surface area (Å²) in [7, 11) is 8.17. The van der Waals surface area contributed by atoms with Gasteiger partial charge in [-0.05, 0) is 47.0 Å². The van der Waals surface area contributed by atoms with Gasteiger partial charge in [0.1, 0.15) is 0 Å². The van der Waals surface area contributed by atoms with Gasteiger partial charge in [-0.1, -0.05) is 59.6 Å². The number of rotatable bonds is 5. The molecule has 0 spiro atoms. The van der Waals surface area contributed by atoms with Gasteiger partial charge in [-0.15, -0.1) is 0 Å². The van der Waals surface area contributed by atoms with Crippen molar-refractivity contribution in [3.63, 3.8) is 0 Å². The third-order valence-corrected chi connectivity index (χ3v) is 5.61. The number of anilines is 2. The van der Waals surface area contributed by atoms with Crippen LogP contribution in [0.4, 0.5) is 11.4 Å². The van der Waals surface area contributed by atoms with Crippen LogP contribution in [0.3, 0.4) is 0 Å². The fraction of sp³-hybridized carbons (Fsp3) is 0.217. The molecule has 0 aliphatic rings. The second kappa shape index (κ2) is 8.24. The molecule has 0 radical (unpaired) electrons. The normalized spacial score (nSPS) is 10.9. The second-order valence-corrected chi connectivity index (χ2v) is 7.83. The van der Waals surface area contributed by atoms with Crippen molar-refractivity contribution >= 4 is 34.6 Å². The minimum Gasteiger partial charge on any atom is -0.378 e. The molecule has 0 fully saturated rings. The van der Waals surface area contributed by atoms with Crippen molar-refractivity contribution < 1.29 is 0 Å². The van der Waals surface area contributed by atoms with Crippen LogP contribution in [0.2, 0.25) is 10.0 Å². The Hall–Kier alpha value is -2.16. The van der Waals surface area contributed by atoms with E-state index < -0.39 is 0 Å². The zero-order chi connectivity index (χ0) is 19.6. The number of hydrogen-bond acceptors (Lipinski definition) is 2. The summed E-state index contributed by atoms with van der Waals surface area (Å²) in [5.41, 5.74) is 5.71. The van der Waals surface area contributed by atoms with Crippen LogP contribution in [-0.4, -0.2) is 28.2 Å². The van der Waals surface area contributed by atoms with Gasteiger partial charge in [-0.3, -0.25) is 0 Å². The van der Waals surface area contributed by atoms with E-state index in [0.717, 1.165) is 16.9 Å². The van der Waals surface area contributed by atoms with Crippen molar-refractivity contribution in [3.05, 3.63) is 93.5 Å². The van der Waals surface area contributed by atoms with Gasteiger partial charge >= 0.3 is 0 Å². The highest BCUT2D eigenvalue weighted by atomic mass is 35.5. The van der Waals surface area contributed by atoms with Crippen molar-refractivity contribution in [1.29, 1.82) is 0 Å². The van der Waals surface area contributed by atoms with Gasteiger partial charge in [0, 0.05) is 45.5 Å². The Labute approximate surface area is 171 Å². The van der Waals surface area contributed by atoms with E-state index in [-0.39, 0.29) is 5.92 Å². The highest BCUT2D eigenvalue weighted by molar-refractivity contribution is 6.42. The molecular weight excluding hydrogens is 375 g/mol. The van der Waals surface area contributed by atoms with Crippen LogP contribution >= 0.6 is 23.2 Å². The van der Waals surface area contributed by atoms with Crippen LogP contribution in [0, 0.1) is 0 Å². The predicted octanol–water partition coefficient (Wildman–Crippen LogP) is 6.31. The molecule has 0 aromatic heterocycles. The molecule has 0 saturated heterocycles. The molecule has 140 valence electrons. The van der Waals surface area contributed by atoms with Gasteiger partial charge < -0.3 is 9.80 Å². The molecule has 0 aliphatic heterocycles. The van der Waals surface area contributed by atoms with Gasteiger partial charge in [-0.2, -0.15) is 0 Å². The summed E-state index contributed by atoms with van der Waals surface area (Å²) in [5.74, 6) is 0.0172. The van der Waals surface area contributed by atoms with E-state index in [1.54, 1.807) is 0 Å². The van der Waals surface area contributed by atoms with Gasteiger partial charge in [0.2, 0.25) is 0 Å². The zero-order valence-electron chi connectivity index (χ0n) is 16.1. The molecule has 2 nitrogen and oxygen atoms in total. The van der Waals surface area contributed by atoms with E-state index in [9.17, 15) is 0 Å². The lowest BCUT2D eigenvalue weighted by Gasteiger charge is -2.22. The maximum absolute atomic E-state index is 6.60. The topological polar surface area (TPSA) is 6.48 Å². The quantitative estimate of drug-likeness (QED) is 0.464. The van der Waals surface area contributed by atoms with Crippen molar-refractivity contribution in [1.82, 2.24) is 0 Å². The van der Waals surface area contributed by atoms with Crippen LogP contribution in [-0.2, 0) is 0 Å². The zero-order valence-corrected chi connectivity index (χ0v) is 17.6. The second-order valence-electron chi connectivity index (χ2n) is 7.05. The summed E-state index contributed by atoms with van der Waals surface area (Å²) in [6.07, 6.45) is 0. The Morgan fingerprint density at radius 2 is 1.07 bits per heavy atom.